The van der Waals surface area contributed by atoms with Crippen LogP contribution in [-0.4, -0.2) is 60.2 Å². The topological polar surface area (TPSA) is 114 Å². The Kier molecular flexibility index (Phi) is 14.2. The molecule has 4 aliphatic rings. The summed E-state index contributed by atoms with van der Waals surface area (Å²) in [6.45, 7) is 3.22. The zero-order valence-electron chi connectivity index (χ0n) is 17.0. The van der Waals surface area contributed by atoms with Crippen molar-refractivity contribution < 1.29 is 34.5 Å². The Hall–Kier alpha value is -0.947. The van der Waals surface area contributed by atoms with E-state index in [4.69, 9.17) is 15.0 Å². The summed E-state index contributed by atoms with van der Waals surface area (Å²) in [6, 6.07) is 1.98. The molecule has 4 heterocycles. The van der Waals surface area contributed by atoms with Crippen LogP contribution in [0.15, 0.2) is 24.4 Å². The quantitative estimate of drug-likeness (QED) is 0.476. The van der Waals surface area contributed by atoms with E-state index in [2.05, 4.69) is 33.4 Å². The molecule has 0 saturated carbocycles. The molecule has 29 heavy (non-hydrogen) atoms. The zero-order valence-corrected chi connectivity index (χ0v) is 18.8. The maximum absolute atomic E-state index is 8.56. The van der Waals surface area contributed by atoms with E-state index in [1.807, 2.05) is 12.3 Å². The first-order chi connectivity index (χ1) is 13.7. The van der Waals surface area contributed by atoms with E-state index in [1.165, 1.54) is 57.8 Å². The summed E-state index contributed by atoms with van der Waals surface area (Å²) in [5, 5.41) is 32.2. The van der Waals surface area contributed by atoms with Gasteiger partial charge in [0.25, 0.3) is 0 Å². The first-order valence-corrected chi connectivity index (χ1v) is 10.6. The summed E-state index contributed by atoms with van der Waals surface area (Å²) in [5.41, 5.74) is 0. The molecule has 0 aromatic heterocycles. The summed E-state index contributed by atoms with van der Waals surface area (Å²) in [5.74, 6) is 0. The van der Waals surface area contributed by atoms with Crippen LogP contribution < -0.4 is 0 Å². The fourth-order valence-electron chi connectivity index (χ4n) is 4.00. The van der Waals surface area contributed by atoms with Crippen LogP contribution in [0.2, 0.25) is 0 Å². The van der Waals surface area contributed by atoms with Gasteiger partial charge < -0.3 is 31.5 Å². The summed E-state index contributed by atoms with van der Waals surface area (Å²) in [4.78, 5) is 8.56. The number of nitrogens with zero attached hydrogens (tertiary/aromatic N) is 4. The Labute approximate surface area is 187 Å². The van der Waals surface area contributed by atoms with Gasteiger partial charge in [0.2, 0.25) is 0 Å². The van der Waals surface area contributed by atoms with Crippen LogP contribution in [0.1, 0.15) is 57.8 Å². The van der Waals surface area contributed by atoms with E-state index in [9.17, 15) is 0 Å². The Balaban J connectivity index is 0.000000239. The molecule has 164 valence electrons. The van der Waals surface area contributed by atoms with Crippen molar-refractivity contribution in [3.05, 3.63) is 45.7 Å². The van der Waals surface area contributed by atoms with Crippen LogP contribution in [0, 0.1) is 0 Å². The average molecular weight is 492 g/mol. The normalized spacial score (nSPS) is 30.9. The third-order valence-electron chi connectivity index (χ3n) is 5.42. The van der Waals surface area contributed by atoms with E-state index in [-0.39, 0.29) is 19.5 Å². The van der Waals surface area contributed by atoms with E-state index >= 15 is 0 Å². The van der Waals surface area contributed by atoms with Crippen LogP contribution in [0.5, 0.6) is 0 Å². The standard InChI is InChI=1S/C10H18N2.C10H14N2.CH2O3.Ru/c2*1-3-7-11-9(5-1)10-6-2-4-8-12-10;2-1(3)4;/h9-10H,1-8H2;1,3,5,7,9-10H,2,4,6,8H2;(H2,2,3,4);/q2*-2;;+4. The van der Waals surface area contributed by atoms with Gasteiger partial charge in [-0.25, -0.2) is 4.79 Å². The summed E-state index contributed by atoms with van der Waals surface area (Å²) in [6.07, 6.45) is 18.0. The first-order valence-electron chi connectivity index (χ1n) is 10.6. The van der Waals surface area contributed by atoms with Crippen molar-refractivity contribution in [1.29, 1.82) is 0 Å². The molecule has 2 N–H and O–H groups in total. The van der Waals surface area contributed by atoms with E-state index in [1.54, 1.807) is 0 Å². The Morgan fingerprint density at radius 3 is 1.52 bits per heavy atom. The summed E-state index contributed by atoms with van der Waals surface area (Å²) < 4.78 is 0. The van der Waals surface area contributed by atoms with Crippen molar-refractivity contribution in [3.8, 4) is 0 Å². The van der Waals surface area contributed by atoms with Crippen molar-refractivity contribution in [1.82, 2.24) is 0 Å². The molecule has 0 spiro atoms. The molecule has 4 atom stereocenters. The van der Waals surface area contributed by atoms with Gasteiger partial charge in [-0.15, -0.1) is 37.8 Å². The smallest absolute Gasteiger partial charge is 0.686 e. The molecule has 7 nitrogen and oxygen atoms in total. The van der Waals surface area contributed by atoms with Gasteiger partial charge in [-0.2, -0.15) is 18.3 Å². The second-order valence-electron chi connectivity index (χ2n) is 7.56. The summed E-state index contributed by atoms with van der Waals surface area (Å²) in [7, 11) is 0. The third kappa shape index (κ3) is 11.1. The first kappa shape index (κ1) is 26.1. The maximum atomic E-state index is 8.56. The van der Waals surface area contributed by atoms with E-state index < -0.39 is 6.16 Å². The van der Waals surface area contributed by atoms with Gasteiger partial charge in [0.1, 0.15) is 0 Å². The van der Waals surface area contributed by atoms with Gasteiger partial charge >= 0.3 is 25.6 Å². The number of hydrogen-bond donors (Lipinski definition) is 2. The van der Waals surface area contributed by atoms with Crippen molar-refractivity contribution in [2.24, 2.45) is 0 Å². The van der Waals surface area contributed by atoms with Crippen molar-refractivity contribution in [3.63, 3.8) is 0 Å². The SMILES string of the molecule is C1=C[N-]C(C2CCCC[N-]2)C=C1.C1CCC(C2CCCC[N-]2)[N-]C1.O=C(O)O.[Ru+4]. The van der Waals surface area contributed by atoms with Gasteiger partial charge in [-0.05, 0) is 0 Å². The minimum Gasteiger partial charge on any atom is -0.686 e. The van der Waals surface area contributed by atoms with Crippen LogP contribution in [-0.2, 0) is 19.5 Å². The van der Waals surface area contributed by atoms with Gasteiger partial charge in [0.05, 0.1) is 0 Å². The zero-order chi connectivity index (χ0) is 20.0. The largest absolute Gasteiger partial charge is 4.00 e. The fourth-order valence-corrected chi connectivity index (χ4v) is 4.00. The maximum Gasteiger partial charge on any atom is 4.00 e. The van der Waals surface area contributed by atoms with Crippen molar-refractivity contribution >= 4 is 6.16 Å². The number of allylic oxidation sites excluding steroid dienone is 2. The molecule has 0 aromatic carbocycles. The number of carboxylic acid groups (broad SMARTS) is 2. The molecule has 4 unspecified atom stereocenters. The second-order valence-corrected chi connectivity index (χ2v) is 7.56. The molecule has 4 aliphatic heterocycles. The molecule has 8 heteroatoms. The van der Waals surface area contributed by atoms with Crippen molar-refractivity contribution in [2.45, 2.75) is 82.0 Å². The van der Waals surface area contributed by atoms with Crippen LogP contribution in [0.3, 0.4) is 0 Å². The number of rotatable bonds is 2. The molecule has 0 bridgehead atoms. The molecular weight excluding hydrogens is 457 g/mol. The molecule has 0 aromatic rings. The predicted octanol–water partition coefficient (Wildman–Crippen LogP) is 5.80. The number of hydrogen-bond acceptors (Lipinski definition) is 1. The minimum absolute atomic E-state index is 0. The molecule has 0 aliphatic carbocycles. The molecule has 0 radical (unpaired) electrons. The second kappa shape index (κ2) is 15.8. The molecular formula is C21H34N4O3Ru. The van der Waals surface area contributed by atoms with Crippen LogP contribution in [0.4, 0.5) is 4.79 Å². The van der Waals surface area contributed by atoms with Gasteiger partial charge in [-0.3, -0.25) is 0 Å². The summed E-state index contributed by atoms with van der Waals surface area (Å²) >= 11 is 0. The van der Waals surface area contributed by atoms with E-state index in [0.29, 0.717) is 24.2 Å². The predicted molar refractivity (Wildman–Crippen MR) is 114 cm³/mol. The van der Waals surface area contributed by atoms with Gasteiger partial charge in [-0.1, -0.05) is 69.9 Å². The molecule has 0 amide bonds. The van der Waals surface area contributed by atoms with Crippen LogP contribution >= 0.6 is 0 Å². The fraction of sp³-hybridized carbons (Fsp3) is 0.762. The minimum atomic E-state index is -1.83. The monoisotopic (exact) mass is 492 g/mol. The Bertz CT molecular complexity index is 466. The molecule has 3 fully saturated rings. The third-order valence-corrected chi connectivity index (χ3v) is 5.42. The molecule has 3 saturated heterocycles. The number of carbonyl (C=O) groups is 1. The van der Waals surface area contributed by atoms with Gasteiger partial charge in [0.15, 0.2) is 0 Å². The van der Waals surface area contributed by atoms with Crippen LogP contribution in [0.25, 0.3) is 21.3 Å². The molecule has 4 rings (SSSR count). The average Bonchev–Trinajstić information content (AvgIpc) is 2.76. The number of piperidine rings is 3. The van der Waals surface area contributed by atoms with Gasteiger partial charge in [0, 0.05) is 0 Å². The Morgan fingerprint density at radius 2 is 1.17 bits per heavy atom. The van der Waals surface area contributed by atoms with E-state index in [0.717, 1.165) is 19.6 Å². The van der Waals surface area contributed by atoms with Crippen molar-refractivity contribution in [2.75, 3.05) is 19.6 Å². The Morgan fingerprint density at radius 1 is 0.724 bits per heavy atom.